The third kappa shape index (κ3) is 4.81. The van der Waals surface area contributed by atoms with Crippen LogP contribution in [0.2, 0.25) is 5.02 Å². The molecule has 1 fully saturated rings. The van der Waals surface area contributed by atoms with E-state index in [9.17, 15) is 9.18 Å². The molecule has 2 heterocycles. The number of nitrogens with zero attached hydrogens (tertiary/aromatic N) is 4. The molecule has 1 aromatic heterocycles. The van der Waals surface area contributed by atoms with Crippen LogP contribution in [0, 0.1) is 12.7 Å². The molecule has 1 aliphatic rings. The fourth-order valence-electron chi connectivity index (χ4n) is 3.11. The molecule has 0 aliphatic carbocycles. The first-order chi connectivity index (χ1) is 12.4. The second-order valence-electron chi connectivity index (χ2n) is 6.63. The maximum atomic E-state index is 13.1. The minimum absolute atomic E-state index is 0.0389. The predicted molar refractivity (Wildman–Crippen MR) is 99.7 cm³/mol. The molecule has 0 atom stereocenters. The Morgan fingerprint density at radius 1 is 1.23 bits per heavy atom. The number of piperazine rings is 1. The molecule has 8 heteroatoms. The van der Waals surface area contributed by atoms with Gasteiger partial charge in [0.1, 0.15) is 11.6 Å². The number of amides is 1. The molecule has 1 aromatic carbocycles. The first-order valence-electron chi connectivity index (χ1n) is 8.60. The van der Waals surface area contributed by atoms with Crippen LogP contribution in [-0.2, 0) is 18.4 Å². The van der Waals surface area contributed by atoms with Crippen LogP contribution in [0.5, 0.6) is 0 Å². The Morgan fingerprint density at radius 3 is 2.54 bits per heavy atom. The quantitative estimate of drug-likeness (QED) is 0.866. The summed E-state index contributed by atoms with van der Waals surface area (Å²) in [6.07, 6.45) is 0. The predicted octanol–water partition coefficient (Wildman–Crippen LogP) is 2.28. The number of nitrogens with one attached hydrogen (secondary N) is 1. The molecule has 0 saturated carbocycles. The Balaban J connectivity index is 1.46. The SMILES string of the molecule is Cc1cc(NC(=O)CN2CCN(Cc3ccc(F)cc3Cl)CC2)n(C)n1. The van der Waals surface area contributed by atoms with Gasteiger partial charge in [0.05, 0.1) is 12.2 Å². The van der Waals surface area contributed by atoms with Crippen LogP contribution >= 0.6 is 11.6 Å². The zero-order valence-electron chi connectivity index (χ0n) is 15.0. The molecule has 3 rings (SSSR count). The summed E-state index contributed by atoms with van der Waals surface area (Å²) in [7, 11) is 1.81. The van der Waals surface area contributed by atoms with Crippen LogP contribution < -0.4 is 5.32 Å². The van der Waals surface area contributed by atoms with E-state index >= 15 is 0 Å². The highest BCUT2D eigenvalue weighted by Crippen LogP contribution is 2.19. The van der Waals surface area contributed by atoms with Crippen LogP contribution in [-0.4, -0.2) is 58.2 Å². The van der Waals surface area contributed by atoms with Gasteiger partial charge in [-0.05, 0) is 24.6 Å². The minimum atomic E-state index is -0.321. The first-order valence-corrected chi connectivity index (χ1v) is 8.97. The summed E-state index contributed by atoms with van der Waals surface area (Å²) in [5.41, 5.74) is 1.79. The van der Waals surface area contributed by atoms with Gasteiger partial charge in [-0.25, -0.2) is 4.39 Å². The van der Waals surface area contributed by atoms with Gasteiger partial charge in [-0.15, -0.1) is 0 Å². The third-order valence-electron chi connectivity index (χ3n) is 4.51. The molecule has 1 saturated heterocycles. The average molecular weight is 380 g/mol. The van der Waals surface area contributed by atoms with Crippen molar-refractivity contribution in [1.29, 1.82) is 0 Å². The van der Waals surface area contributed by atoms with Gasteiger partial charge < -0.3 is 5.32 Å². The van der Waals surface area contributed by atoms with Crippen molar-refractivity contribution in [3.8, 4) is 0 Å². The van der Waals surface area contributed by atoms with Crippen LogP contribution in [0.3, 0.4) is 0 Å². The minimum Gasteiger partial charge on any atom is -0.310 e. The number of halogens is 2. The maximum Gasteiger partial charge on any atom is 0.239 e. The van der Waals surface area contributed by atoms with Crippen LogP contribution in [0.15, 0.2) is 24.3 Å². The summed E-state index contributed by atoms with van der Waals surface area (Å²) in [6, 6.07) is 6.36. The molecule has 0 unspecified atom stereocenters. The highest BCUT2D eigenvalue weighted by atomic mass is 35.5. The van der Waals surface area contributed by atoms with E-state index in [0.717, 1.165) is 37.4 Å². The summed E-state index contributed by atoms with van der Waals surface area (Å²) in [5.74, 6) is 0.346. The number of carbonyl (C=O) groups excluding carboxylic acids is 1. The second kappa shape index (κ2) is 8.16. The molecule has 140 valence electrons. The molecular formula is C18H23ClFN5O. The lowest BCUT2D eigenvalue weighted by molar-refractivity contribution is -0.117. The molecular weight excluding hydrogens is 357 g/mol. The number of rotatable bonds is 5. The molecule has 0 bridgehead atoms. The van der Waals surface area contributed by atoms with Crippen molar-refractivity contribution in [2.75, 3.05) is 38.0 Å². The smallest absolute Gasteiger partial charge is 0.239 e. The van der Waals surface area contributed by atoms with Crippen molar-refractivity contribution < 1.29 is 9.18 Å². The van der Waals surface area contributed by atoms with Gasteiger partial charge in [-0.3, -0.25) is 19.3 Å². The number of hydrogen-bond donors (Lipinski definition) is 1. The first kappa shape index (κ1) is 18.8. The van der Waals surface area contributed by atoms with Crippen LogP contribution in [0.25, 0.3) is 0 Å². The Morgan fingerprint density at radius 2 is 1.92 bits per heavy atom. The summed E-state index contributed by atoms with van der Waals surface area (Å²) >= 11 is 6.10. The van der Waals surface area contributed by atoms with E-state index in [0.29, 0.717) is 23.9 Å². The molecule has 0 radical (unpaired) electrons. The number of benzene rings is 1. The van der Waals surface area contributed by atoms with Crippen molar-refractivity contribution in [3.05, 3.63) is 46.4 Å². The summed E-state index contributed by atoms with van der Waals surface area (Å²) in [5, 5.41) is 7.57. The lowest BCUT2D eigenvalue weighted by atomic mass is 10.2. The molecule has 2 aromatic rings. The highest BCUT2D eigenvalue weighted by molar-refractivity contribution is 6.31. The van der Waals surface area contributed by atoms with Crippen LogP contribution in [0.1, 0.15) is 11.3 Å². The number of anilines is 1. The normalized spacial score (nSPS) is 16.0. The van der Waals surface area contributed by atoms with Gasteiger partial charge in [0, 0.05) is 50.9 Å². The molecule has 1 N–H and O–H groups in total. The van der Waals surface area contributed by atoms with E-state index in [1.807, 2.05) is 20.0 Å². The Kier molecular flexibility index (Phi) is 5.90. The Labute approximate surface area is 157 Å². The molecule has 26 heavy (non-hydrogen) atoms. The standard InChI is InChI=1S/C18H23ClFN5O/c1-13-9-17(23(2)22-13)21-18(26)12-25-7-5-24(6-8-25)11-14-3-4-15(20)10-16(14)19/h3-4,9-10H,5-8,11-12H2,1-2H3,(H,21,26). The third-order valence-corrected chi connectivity index (χ3v) is 4.86. The van der Waals surface area contributed by atoms with Gasteiger partial charge in [0.2, 0.25) is 5.91 Å². The Hall–Kier alpha value is -1.96. The van der Waals surface area contributed by atoms with Gasteiger partial charge in [-0.2, -0.15) is 5.10 Å². The van der Waals surface area contributed by atoms with E-state index in [1.54, 1.807) is 10.7 Å². The van der Waals surface area contributed by atoms with Gasteiger partial charge in [0.25, 0.3) is 0 Å². The fraction of sp³-hybridized carbons (Fsp3) is 0.444. The summed E-state index contributed by atoms with van der Waals surface area (Å²) < 4.78 is 14.8. The van der Waals surface area contributed by atoms with Crippen molar-refractivity contribution in [1.82, 2.24) is 19.6 Å². The maximum absolute atomic E-state index is 13.1. The van der Waals surface area contributed by atoms with Gasteiger partial charge in [-0.1, -0.05) is 17.7 Å². The lowest BCUT2D eigenvalue weighted by Crippen LogP contribution is -2.48. The summed E-state index contributed by atoms with van der Waals surface area (Å²) in [6.45, 7) is 6.22. The van der Waals surface area contributed by atoms with E-state index in [2.05, 4.69) is 20.2 Å². The van der Waals surface area contributed by atoms with Gasteiger partial charge in [0.15, 0.2) is 0 Å². The molecule has 6 nitrogen and oxygen atoms in total. The number of aryl methyl sites for hydroxylation is 2. The van der Waals surface area contributed by atoms with Gasteiger partial charge >= 0.3 is 0 Å². The number of carbonyl (C=O) groups is 1. The van der Waals surface area contributed by atoms with Crippen molar-refractivity contribution in [3.63, 3.8) is 0 Å². The lowest BCUT2D eigenvalue weighted by Gasteiger charge is -2.34. The van der Waals surface area contributed by atoms with Crippen LogP contribution in [0.4, 0.5) is 10.2 Å². The summed E-state index contributed by atoms with van der Waals surface area (Å²) in [4.78, 5) is 16.6. The Bertz CT molecular complexity index is 786. The zero-order chi connectivity index (χ0) is 18.7. The largest absolute Gasteiger partial charge is 0.310 e. The van der Waals surface area contributed by atoms with E-state index in [1.165, 1.54) is 12.1 Å². The van der Waals surface area contributed by atoms with Crippen molar-refractivity contribution in [2.45, 2.75) is 13.5 Å². The average Bonchev–Trinajstić information content (AvgIpc) is 2.89. The number of aromatic nitrogens is 2. The monoisotopic (exact) mass is 379 g/mol. The molecule has 1 amide bonds. The fourth-order valence-corrected chi connectivity index (χ4v) is 3.34. The number of hydrogen-bond acceptors (Lipinski definition) is 4. The molecule has 0 spiro atoms. The highest BCUT2D eigenvalue weighted by Gasteiger charge is 2.20. The van der Waals surface area contributed by atoms with Crippen molar-refractivity contribution >= 4 is 23.3 Å². The topological polar surface area (TPSA) is 53.4 Å². The van der Waals surface area contributed by atoms with Crippen molar-refractivity contribution in [2.24, 2.45) is 7.05 Å². The van der Waals surface area contributed by atoms with E-state index in [4.69, 9.17) is 11.6 Å². The van der Waals surface area contributed by atoms with E-state index in [-0.39, 0.29) is 11.7 Å². The van der Waals surface area contributed by atoms with E-state index < -0.39 is 0 Å². The zero-order valence-corrected chi connectivity index (χ0v) is 15.8. The molecule has 1 aliphatic heterocycles. The second-order valence-corrected chi connectivity index (χ2v) is 7.04.